The minimum atomic E-state index is -0.817. The number of likely N-dealkylation sites (tertiary alicyclic amines) is 1. The van der Waals surface area contributed by atoms with Crippen molar-refractivity contribution in [2.75, 3.05) is 31.6 Å². The zero-order valence-electron chi connectivity index (χ0n) is 18.3. The molecule has 0 saturated carbocycles. The lowest BCUT2D eigenvalue weighted by molar-refractivity contribution is -0.385. The van der Waals surface area contributed by atoms with Gasteiger partial charge < -0.3 is 19.6 Å². The lowest BCUT2D eigenvalue weighted by atomic mass is 9.71. The van der Waals surface area contributed by atoms with Crippen LogP contribution in [-0.2, 0) is 0 Å². The van der Waals surface area contributed by atoms with E-state index in [2.05, 4.69) is 25.7 Å². The largest absolute Gasteiger partial charge is 0.490 e. The Morgan fingerprint density at radius 1 is 1.17 bits per heavy atom. The fourth-order valence-corrected chi connectivity index (χ4v) is 5.11. The average molecular weight is 420 g/mol. The number of carbonyl (C=O) groups is 1. The van der Waals surface area contributed by atoms with Crippen LogP contribution < -0.4 is 9.64 Å². The van der Waals surface area contributed by atoms with Gasteiger partial charge in [0.2, 0.25) is 0 Å². The van der Waals surface area contributed by atoms with Gasteiger partial charge in [-0.05, 0) is 49.0 Å². The number of nitro groups is 1. The molecule has 0 radical (unpaired) electrons. The highest BCUT2D eigenvalue weighted by Crippen LogP contribution is 2.43. The molecule has 8 heteroatoms. The van der Waals surface area contributed by atoms with E-state index in [-0.39, 0.29) is 16.9 Å². The summed E-state index contributed by atoms with van der Waals surface area (Å²) in [6, 6.07) is 5.43. The molecule has 2 fully saturated rings. The minimum absolute atomic E-state index is 0.0198. The Morgan fingerprint density at radius 2 is 1.80 bits per heavy atom. The van der Waals surface area contributed by atoms with Crippen molar-refractivity contribution in [3.05, 3.63) is 28.3 Å². The molecule has 8 nitrogen and oxygen atoms in total. The fraction of sp³-hybridized carbons (Fsp3) is 0.682. The second kappa shape index (κ2) is 8.70. The number of benzene rings is 1. The highest BCUT2D eigenvalue weighted by atomic mass is 16.6. The Balaban J connectivity index is 1.78. The first kappa shape index (κ1) is 22.2. The molecule has 0 bridgehead atoms. The molecule has 3 rings (SSSR count). The van der Waals surface area contributed by atoms with E-state index in [1.165, 1.54) is 18.1 Å². The van der Waals surface area contributed by atoms with E-state index in [0.717, 1.165) is 37.9 Å². The summed E-state index contributed by atoms with van der Waals surface area (Å²) < 4.78 is 5.28. The minimum Gasteiger partial charge on any atom is -0.490 e. The number of rotatable bonds is 4. The lowest BCUT2D eigenvalue weighted by Crippen LogP contribution is -2.51. The third-order valence-electron chi connectivity index (χ3n) is 6.81. The molecule has 0 spiro atoms. The van der Waals surface area contributed by atoms with Crippen molar-refractivity contribution in [3.63, 3.8) is 0 Å². The predicted octanol–water partition coefficient (Wildman–Crippen LogP) is 4.62. The van der Waals surface area contributed by atoms with Gasteiger partial charge in [0.05, 0.1) is 12.0 Å². The van der Waals surface area contributed by atoms with Crippen LogP contribution in [0.2, 0.25) is 0 Å². The van der Waals surface area contributed by atoms with E-state index in [0.29, 0.717) is 31.0 Å². The van der Waals surface area contributed by atoms with Crippen molar-refractivity contribution >= 4 is 17.5 Å². The monoisotopic (exact) mass is 419 g/mol. The summed E-state index contributed by atoms with van der Waals surface area (Å²) in [5, 5.41) is 20.5. The highest BCUT2D eigenvalue weighted by Gasteiger charge is 2.40. The lowest BCUT2D eigenvalue weighted by Gasteiger charge is -2.49. The Bertz CT molecular complexity index is 783. The summed E-state index contributed by atoms with van der Waals surface area (Å²) in [7, 11) is 1.46. The standard InChI is InChI=1S/C22H33N3O5/c1-22(2,3)20-13-16(15-7-10-23(11-8-15)21(26)27)9-12-24(20)17-5-6-18(25(28)29)19(14-17)30-4/h5-6,14-16,20H,7-13H2,1-4H3,(H,26,27). The second-order valence-corrected chi connectivity index (χ2v) is 9.58. The summed E-state index contributed by atoms with van der Waals surface area (Å²) in [6.45, 7) is 8.85. The molecule has 2 aliphatic heterocycles. The van der Waals surface area contributed by atoms with E-state index in [9.17, 15) is 20.0 Å². The maximum absolute atomic E-state index is 11.2. The number of anilines is 1. The van der Waals surface area contributed by atoms with Crippen LogP contribution in [0, 0.1) is 27.4 Å². The van der Waals surface area contributed by atoms with E-state index >= 15 is 0 Å². The number of nitro benzene ring substituents is 1. The summed E-state index contributed by atoms with van der Waals surface area (Å²) in [4.78, 5) is 25.9. The van der Waals surface area contributed by atoms with Gasteiger partial charge in [-0.3, -0.25) is 10.1 Å². The molecule has 30 heavy (non-hydrogen) atoms. The number of hydrogen-bond acceptors (Lipinski definition) is 5. The Hall–Kier alpha value is -2.51. The first-order valence-electron chi connectivity index (χ1n) is 10.7. The molecule has 2 atom stereocenters. The molecule has 1 amide bonds. The average Bonchev–Trinajstić information content (AvgIpc) is 2.72. The number of amides is 1. The maximum Gasteiger partial charge on any atom is 0.407 e. The van der Waals surface area contributed by atoms with Gasteiger partial charge in [0.25, 0.3) is 0 Å². The number of hydrogen-bond donors (Lipinski definition) is 1. The molecule has 2 aliphatic rings. The van der Waals surface area contributed by atoms with E-state index in [1.807, 2.05) is 6.07 Å². The number of nitrogens with zero attached hydrogens (tertiary/aromatic N) is 3. The Kier molecular flexibility index (Phi) is 6.43. The van der Waals surface area contributed by atoms with Gasteiger partial charge in [-0.1, -0.05) is 20.8 Å². The molecule has 2 heterocycles. The Labute approximate surface area is 178 Å². The molecular formula is C22H33N3O5. The molecule has 1 N–H and O–H groups in total. The van der Waals surface area contributed by atoms with Gasteiger partial charge >= 0.3 is 11.8 Å². The van der Waals surface area contributed by atoms with Crippen LogP contribution in [0.3, 0.4) is 0 Å². The summed E-state index contributed by atoms with van der Waals surface area (Å²) >= 11 is 0. The van der Waals surface area contributed by atoms with Crippen LogP contribution in [0.25, 0.3) is 0 Å². The van der Waals surface area contributed by atoms with Gasteiger partial charge in [-0.25, -0.2) is 4.79 Å². The smallest absolute Gasteiger partial charge is 0.407 e. The third kappa shape index (κ3) is 4.63. The Morgan fingerprint density at radius 3 is 2.33 bits per heavy atom. The van der Waals surface area contributed by atoms with Gasteiger partial charge in [0.1, 0.15) is 0 Å². The highest BCUT2D eigenvalue weighted by molar-refractivity contribution is 5.65. The summed E-state index contributed by atoms with van der Waals surface area (Å²) in [5.74, 6) is 1.41. The van der Waals surface area contributed by atoms with Crippen LogP contribution in [0.4, 0.5) is 16.2 Å². The van der Waals surface area contributed by atoms with Crippen LogP contribution in [0.1, 0.15) is 46.5 Å². The van der Waals surface area contributed by atoms with Gasteiger partial charge in [0.15, 0.2) is 5.75 Å². The van der Waals surface area contributed by atoms with E-state index in [1.54, 1.807) is 6.07 Å². The summed E-state index contributed by atoms with van der Waals surface area (Å²) in [5.41, 5.74) is 0.972. The number of carboxylic acid groups (broad SMARTS) is 1. The predicted molar refractivity (Wildman–Crippen MR) is 115 cm³/mol. The number of methoxy groups -OCH3 is 1. The first-order chi connectivity index (χ1) is 14.1. The van der Waals surface area contributed by atoms with Crippen LogP contribution in [0.5, 0.6) is 5.75 Å². The van der Waals surface area contributed by atoms with Crippen molar-refractivity contribution < 1.29 is 19.6 Å². The van der Waals surface area contributed by atoms with Gasteiger partial charge in [-0.2, -0.15) is 0 Å². The van der Waals surface area contributed by atoms with Crippen molar-refractivity contribution in [2.45, 2.75) is 52.5 Å². The number of ether oxygens (including phenoxy) is 1. The van der Waals surface area contributed by atoms with Crippen molar-refractivity contribution in [3.8, 4) is 5.75 Å². The molecule has 2 unspecified atom stereocenters. The van der Waals surface area contributed by atoms with Gasteiger partial charge in [-0.15, -0.1) is 0 Å². The molecule has 1 aromatic carbocycles. The van der Waals surface area contributed by atoms with Crippen LogP contribution in [0.15, 0.2) is 18.2 Å². The van der Waals surface area contributed by atoms with Crippen molar-refractivity contribution in [2.24, 2.45) is 17.3 Å². The van der Waals surface area contributed by atoms with Crippen LogP contribution in [-0.4, -0.2) is 53.8 Å². The maximum atomic E-state index is 11.2. The van der Waals surface area contributed by atoms with Crippen molar-refractivity contribution in [1.29, 1.82) is 0 Å². The van der Waals surface area contributed by atoms with Crippen molar-refractivity contribution in [1.82, 2.24) is 4.90 Å². The molecular weight excluding hydrogens is 386 g/mol. The molecule has 0 aromatic heterocycles. The fourth-order valence-electron chi connectivity index (χ4n) is 5.11. The van der Waals surface area contributed by atoms with E-state index < -0.39 is 11.0 Å². The molecule has 1 aromatic rings. The van der Waals surface area contributed by atoms with Crippen LogP contribution >= 0.6 is 0 Å². The zero-order valence-corrected chi connectivity index (χ0v) is 18.3. The van der Waals surface area contributed by atoms with Gasteiger partial charge in [0, 0.05) is 43.5 Å². The topological polar surface area (TPSA) is 96.2 Å². The summed E-state index contributed by atoms with van der Waals surface area (Å²) in [6.07, 6.45) is 3.13. The normalized spacial score (nSPS) is 23.3. The van der Waals surface area contributed by atoms with E-state index in [4.69, 9.17) is 4.74 Å². The quantitative estimate of drug-likeness (QED) is 0.565. The second-order valence-electron chi connectivity index (χ2n) is 9.58. The third-order valence-corrected chi connectivity index (χ3v) is 6.81. The molecule has 166 valence electrons. The molecule has 2 saturated heterocycles. The SMILES string of the molecule is COc1cc(N2CCC(C3CCN(C(=O)O)CC3)CC2C(C)(C)C)ccc1[N+](=O)[O-]. The molecule has 0 aliphatic carbocycles. The zero-order chi connectivity index (χ0) is 22.1. The first-order valence-corrected chi connectivity index (χ1v) is 10.7. The number of piperidine rings is 2.